The van der Waals surface area contributed by atoms with E-state index < -0.39 is 28.5 Å². The van der Waals surface area contributed by atoms with Gasteiger partial charge in [-0.1, -0.05) is 80.0 Å². The minimum Gasteiger partial charge on any atom is -0.352 e. The lowest BCUT2D eigenvalue weighted by Gasteiger charge is -2.34. The van der Waals surface area contributed by atoms with E-state index in [2.05, 4.69) is 5.32 Å². The highest BCUT2D eigenvalue weighted by Crippen LogP contribution is 2.30. The SMILES string of the molecule is CC[C@H](C(=O)N[C@@H](C)CC)N(Cc1ccccc1)C(=O)CN(c1cc(Cl)ccc1C)S(=O)(=O)c1ccccc1. The Hall–Kier alpha value is -3.36. The minimum absolute atomic E-state index is 0.0494. The van der Waals surface area contributed by atoms with Crippen molar-refractivity contribution >= 4 is 39.1 Å². The number of amides is 2. The highest BCUT2D eigenvalue weighted by molar-refractivity contribution is 7.92. The number of carbonyl (C=O) groups is 2. The second kappa shape index (κ2) is 13.6. The number of hydrogen-bond donors (Lipinski definition) is 1. The maximum absolute atomic E-state index is 14.1. The fourth-order valence-electron chi connectivity index (χ4n) is 4.22. The minimum atomic E-state index is -4.14. The van der Waals surface area contributed by atoms with Gasteiger partial charge in [0, 0.05) is 17.6 Å². The third-order valence-corrected chi connectivity index (χ3v) is 8.64. The van der Waals surface area contributed by atoms with Crippen LogP contribution in [0, 0.1) is 6.92 Å². The Morgan fingerprint density at radius 3 is 2.13 bits per heavy atom. The molecule has 0 aromatic heterocycles. The standard InChI is InChI=1S/C30H36ClN3O4S/c1-5-23(4)32-30(36)27(6-2)33(20-24-13-9-7-10-14-24)29(35)21-34(28-19-25(31)18-17-22(28)3)39(37,38)26-15-11-8-12-16-26/h7-19,23,27H,5-6,20-21H2,1-4H3,(H,32,36)/t23-,27+/m0/s1. The van der Waals surface area contributed by atoms with Crippen LogP contribution in [0.3, 0.4) is 0 Å². The van der Waals surface area contributed by atoms with Crippen LogP contribution in [0.15, 0.2) is 83.8 Å². The molecule has 0 saturated carbocycles. The van der Waals surface area contributed by atoms with E-state index in [1.54, 1.807) is 43.3 Å². The molecule has 0 radical (unpaired) electrons. The van der Waals surface area contributed by atoms with Gasteiger partial charge in [0.05, 0.1) is 10.6 Å². The molecule has 0 heterocycles. The number of anilines is 1. The fraction of sp³-hybridized carbons (Fsp3) is 0.333. The average molecular weight is 570 g/mol. The zero-order valence-corrected chi connectivity index (χ0v) is 24.4. The van der Waals surface area contributed by atoms with Crippen molar-refractivity contribution < 1.29 is 18.0 Å². The Balaban J connectivity index is 2.07. The summed E-state index contributed by atoms with van der Waals surface area (Å²) in [5.41, 5.74) is 1.77. The Labute approximate surface area is 236 Å². The van der Waals surface area contributed by atoms with Crippen LogP contribution in [0.5, 0.6) is 0 Å². The van der Waals surface area contributed by atoms with E-state index in [9.17, 15) is 18.0 Å². The van der Waals surface area contributed by atoms with Crippen LogP contribution in [0.1, 0.15) is 44.7 Å². The molecule has 2 amide bonds. The topological polar surface area (TPSA) is 86.8 Å². The lowest BCUT2D eigenvalue weighted by molar-refractivity contribution is -0.140. The van der Waals surface area contributed by atoms with Gasteiger partial charge in [-0.3, -0.25) is 13.9 Å². The van der Waals surface area contributed by atoms with Gasteiger partial charge in [0.15, 0.2) is 0 Å². The molecule has 0 aliphatic rings. The molecule has 9 heteroatoms. The van der Waals surface area contributed by atoms with Crippen LogP contribution in [-0.4, -0.2) is 43.8 Å². The normalized spacial score (nSPS) is 12.8. The summed E-state index contributed by atoms with van der Waals surface area (Å²) in [6.07, 6.45) is 1.11. The van der Waals surface area contributed by atoms with Gasteiger partial charge in [-0.25, -0.2) is 8.42 Å². The Kier molecular flexibility index (Phi) is 10.5. The number of rotatable bonds is 12. The molecule has 0 bridgehead atoms. The number of halogens is 1. The molecule has 208 valence electrons. The molecule has 0 spiro atoms. The molecule has 0 saturated heterocycles. The maximum atomic E-state index is 14.1. The van der Waals surface area contributed by atoms with Gasteiger partial charge in [-0.15, -0.1) is 0 Å². The summed E-state index contributed by atoms with van der Waals surface area (Å²) in [6.45, 7) is 7.13. The molecule has 0 aliphatic heterocycles. The van der Waals surface area contributed by atoms with Crippen LogP contribution in [0.4, 0.5) is 5.69 Å². The number of sulfonamides is 1. The molecule has 3 rings (SSSR count). The zero-order chi connectivity index (χ0) is 28.6. The second-order valence-corrected chi connectivity index (χ2v) is 11.8. The number of carbonyl (C=O) groups excluding carboxylic acids is 2. The van der Waals surface area contributed by atoms with Crippen LogP contribution in [0.25, 0.3) is 0 Å². The van der Waals surface area contributed by atoms with Crippen molar-refractivity contribution in [2.24, 2.45) is 0 Å². The van der Waals surface area contributed by atoms with Crippen molar-refractivity contribution in [3.63, 3.8) is 0 Å². The predicted molar refractivity (Wildman–Crippen MR) is 156 cm³/mol. The van der Waals surface area contributed by atoms with Crippen LogP contribution >= 0.6 is 11.6 Å². The molecule has 1 N–H and O–H groups in total. The monoisotopic (exact) mass is 569 g/mol. The first-order chi connectivity index (χ1) is 18.6. The highest BCUT2D eigenvalue weighted by atomic mass is 35.5. The van der Waals surface area contributed by atoms with E-state index in [-0.39, 0.29) is 23.4 Å². The van der Waals surface area contributed by atoms with E-state index >= 15 is 0 Å². The molecule has 0 aliphatic carbocycles. The molecule has 2 atom stereocenters. The van der Waals surface area contributed by atoms with Gasteiger partial charge in [-0.05, 0) is 62.1 Å². The number of nitrogens with zero attached hydrogens (tertiary/aromatic N) is 2. The molecule has 3 aromatic carbocycles. The number of aryl methyl sites for hydroxylation is 1. The summed E-state index contributed by atoms with van der Waals surface area (Å²) >= 11 is 6.27. The summed E-state index contributed by atoms with van der Waals surface area (Å²) in [4.78, 5) is 28.9. The van der Waals surface area contributed by atoms with Gasteiger partial charge < -0.3 is 10.2 Å². The van der Waals surface area contributed by atoms with E-state index in [1.165, 1.54) is 17.0 Å². The van der Waals surface area contributed by atoms with E-state index in [1.807, 2.05) is 51.1 Å². The van der Waals surface area contributed by atoms with Crippen LogP contribution in [0.2, 0.25) is 5.02 Å². The first-order valence-electron chi connectivity index (χ1n) is 13.1. The molecular weight excluding hydrogens is 534 g/mol. The van der Waals surface area contributed by atoms with Crippen LogP contribution in [-0.2, 0) is 26.2 Å². The molecule has 3 aromatic rings. The van der Waals surface area contributed by atoms with Gasteiger partial charge >= 0.3 is 0 Å². The van der Waals surface area contributed by atoms with E-state index in [0.717, 1.165) is 16.3 Å². The van der Waals surface area contributed by atoms with Crippen molar-refractivity contribution in [1.29, 1.82) is 0 Å². The first kappa shape index (κ1) is 30.2. The van der Waals surface area contributed by atoms with Crippen molar-refractivity contribution in [1.82, 2.24) is 10.2 Å². The van der Waals surface area contributed by atoms with E-state index in [0.29, 0.717) is 22.7 Å². The smallest absolute Gasteiger partial charge is 0.264 e. The quantitative estimate of drug-likeness (QED) is 0.309. The third kappa shape index (κ3) is 7.61. The van der Waals surface area contributed by atoms with Gasteiger partial charge in [0.1, 0.15) is 12.6 Å². The van der Waals surface area contributed by atoms with Crippen molar-refractivity contribution in [3.05, 3.63) is 95.0 Å². The predicted octanol–water partition coefficient (Wildman–Crippen LogP) is 5.57. The summed E-state index contributed by atoms with van der Waals surface area (Å²) in [6, 6.07) is 21.4. The lowest BCUT2D eigenvalue weighted by Crippen LogP contribution is -2.53. The fourth-order valence-corrected chi connectivity index (χ4v) is 5.88. The maximum Gasteiger partial charge on any atom is 0.264 e. The molecule has 0 unspecified atom stereocenters. The van der Waals surface area contributed by atoms with Crippen LogP contribution < -0.4 is 9.62 Å². The molecule has 0 fully saturated rings. The van der Waals surface area contributed by atoms with Crippen molar-refractivity contribution in [2.45, 2.75) is 64.1 Å². The summed E-state index contributed by atoms with van der Waals surface area (Å²) < 4.78 is 28.9. The Morgan fingerprint density at radius 1 is 0.923 bits per heavy atom. The summed E-state index contributed by atoms with van der Waals surface area (Å²) in [5.74, 6) is -0.767. The molecular formula is C30H36ClN3O4S. The van der Waals surface area contributed by atoms with Crippen molar-refractivity contribution in [2.75, 3.05) is 10.8 Å². The van der Waals surface area contributed by atoms with E-state index in [4.69, 9.17) is 11.6 Å². The van der Waals surface area contributed by atoms with Crippen molar-refractivity contribution in [3.8, 4) is 0 Å². The molecule has 7 nitrogen and oxygen atoms in total. The van der Waals surface area contributed by atoms with Gasteiger partial charge in [-0.2, -0.15) is 0 Å². The molecule has 39 heavy (non-hydrogen) atoms. The third-order valence-electron chi connectivity index (χ3n) is 6.63. The number of benzene rings is 3. The van der Waals surface area contributed by atoms with Gasteiger partial charge in [0.25, 0.3) is 10.0 Å². The number of hydrogen-bond acceptors (Lipinski definition) is 4. The largest absolute Gasteiger partial charge is 0.352 e. The Bertz CT molecular complexity index is 1370. The lowest BCUT2D eigenvalue weighted by atomic mass is 10.1. The second-order valence-electron chi connectivity index (χ2n) is 9.50. The van der Waals surface area contributed by atoms with Gasteiger partial charge in [0.2, 0.25) is 11.8 Å². The number of nitrogens with one attached hydrogen (secondary N) is 1. The average Bonchev–Trinajstić information content (AvgIpc) is 2.93. The zero-order valence-electron chi connectivity index (χ0n) is 22.8. The highest BCUT2D eigenvalue weighted by Gasteiger charge is 2.34. The Morgan fingerprint density at radius 2 is 1.54 bits per heavy atom. The first-order valence-corrected chi connectivity index (χ1v) is 14.9. The summed E-state index contributed by atoms with van der Waals surface area (Å²) in [5, 5.41) is 3.32. The summed E-state index contributed by atoms with van der Waals surface area (Å²) in [7, 11) is -4.14.